The number of nitrogens with one attached hydrogen (secondary N) is 2. The van der Waals surface area contributed by atoms with E-state index in [0.29, 0.717) is 23.8 Å². The minimum Gasteiger partial charge on any atom is -0.370 e. The second-order valence-electron chi connectivity index (χ2n) is 7.35. The lowest BCUT2D eigenvalue weighted by atomic mass is 10.0. The van der Waals surface area contributed by atoms with Crippen LogP contribution in [0.1, 0.15) is 19.3 Å². The van der Waals surface area contributed by atoms with Gasteiger partial charge in [-0.2, -0.15) is 9.61 Å². The molecule has 4 rings (SSSR count). The van der Waals surface area contributed by atoms with Crippen molar-refractivity contribution in [2.75, 3.05) is 18.4 Å². The Bertz CT molecular complexity index is 1210. The molecule has 1 aromatic carbocycles. The summed E-state index contributed by atoms with van der Waals surface area (Å²) in [5.74, 6) is 0.725. The van der Waals surface area contributed by atoms with Gasteiger partial charge in [0.15, 0.2) is 5.65 Å². The second-order valence-corrected chi connectivity index (χ2v) is 8.61. The van der Waals surface area contributed by atoms with Crippen molar-refractivity contribution in [3.05, 3.63) is 82.0 Å². The number of fused-ring (bicyclic) bond motifs is 1. The maximum Gasteiger partial charge on any atom is 0.243 e. The molecule has 1 aliphatic rings. The number of rotatable bonds is 8. The van der Waals surface area contributed by atoms with E-state index in [0.717, 1.165) is 40.8 Å². The van der Waals surface area contributed by atoms with E-state index in [1.165, 1.54) is 5.57 Å². The van der Waals surface area contributed by atoms with E-state index in [1.54, 1.807) is 16.8 Å². The number of amides is 1. The fraction of sp³-hybridized carbons (Fsp3) is 0.208. The number of carbonyl (C=O) groups is 1. The highest BCUT2D eigenvalue weighted by Gasteiger charge is 2.13. The van der Waals surface area contributed by atoms with Gasteiger partial charge in [0.1, 0.15) is 5.82 Å². The van der Waals surface area contributed by atoms with Crippen LogP contribution in [0.4, 0.5) is 5.82 Å². The Hall–Kier alpha value is -2.90. The molecule has 8 heteroatoms. The van der Waals surface area contributed by atoms with E-state index in [-0.39, 0.29) is 5.91 Å². The highest BCUT2D eigenvalue weighted by molar-refractivity contribution is 9.10. The topological polar surface area (TPSA) is 71.3 Å². The molecule has 6 nitrogen and oxygen atoms in total. The number of halogens is 2. The Morgan fingerprint density at radius 2 is 2.16 bits per heavy atom. The molecule has 0 aliphatic heterocycles. The smallest absolute Gasteiger partial charge is 0.243 e. The molecular formula is C24H23BrClN5O. The predicted molar refractivity (Wildman–Crippen MR) is 133 cm³/mol. The predicted octanol–water partition coefficient (Wildman–Crippen LogP) is 5.56. The summed E-state index contributed by atoms with van der Waals surface area (Å²) < 4.78 is 2.55. The van der Waals surface area contributed by atoms with Crippen LogP contribution in [-0.4, -0.2) is 33.6 Å². The zero-order valence-corrected chi connectivity index (χ0v) is 19.7. The molecular weight excluding hydrogens is 490 g/mol. The Morgan fingerprint density at radius 3 is 2.97 bits per heavy atom. The molecule has 2 aromatic heterocycles. The number of benzene rings is 1. The zero-order valence-electron chi connectivity index (χ0n) is 17.4. The summed E-state index contributed by atoms with van der Waals surface area (Å²) in [6.07, 6.45) is 14.2. The van der Waals surface area contributed by atoms with Gasteiger partial charge in [-0.1, -0.05) is 54.1 Å². The maximum atomic E-state index is 12.0. The van der Waals surface area contributed by atoms with E-state index < -0.39 is 0 Å². The van der Waals surface area contributed by atoms with Gasteiger partial charge in [0.05, 0.1) is 16.4 Å². The van der Waals surface area contributed by atoms with Crippen LogP contribution in [0, 0.1) is 0 Å². The van der Waals surface area contributed by atoms with Crippen LogP contribution in [0.5, 0.6) is 0 Å². The van der Waals surface area contributed by atoms with Gasteiger partial charge in [-0.15, -0.1) is 0 Å². The molecule has 1 aliphatic carbocycles. The average Bonchev–Trinajstić information content (AvgIpc) is 3.19. The number of carbonyl (C=O) groups excluding carboxylic acids is 1. The van der Waals surface area contributed by atoms with Gasteiger partial charge in [-0.3, -0.25) is 4.79 Å². The second kappa shape index (κ2) is 10.6. The molecule has 164 valence electrons. The molecule has 0 saturated heterocycles. The van der Waals surface area contributed by atoms with Crippen LogP contribution in [0.15, 0.2) is 77.0 Å². The van der Waals surface area contributed by atoms with Gasteiger partial charge in [0.25, 0.3) is 0 Å². The highest BCUT2D eigenvalue weighted by Crippen LogP contribution is 2.30. The molecule has 2 N–H and O–H groups in total. The van der Waals surface area contributed by atoms with E-state index in [9.17, 15) is 4.79 Å². The summed E-state index contributed by atoms with van der Waals surface area (Å²) >= 11 is 9.89. The zero-order chi connectivity index (χ0) is 22.3. The molecule has 3 aromatic rings. The van der Waals surface area contributed by atoms with Gasteiger partial charge in [-0.25, -0.2) is 4.98 Å². The summed E-state index contributed by atoms with van der Waals surface area (Å²) in [5, 5.41) is 11.4. The normalized spacial score (nSPS) is 13.5. The van der Waals surface area contributed by atoms with E-state index in [2.05, 4.69) is 37.7 Å². The summed E-state index contributed by atoms with van der Waals surface area (Å²) in [7, 11) is 0. The van der Waals surface area contributed by atoms with Crippen molar-refractivity contribution in [1.29, 1.82) is 0 Å². The SMILES string of the molecule is O=C(/C=C/C1=CC=CCC1)NCCCNc1cc(-c2ccccc2Cl)nc2c(Br)cnn12. The van der Waals surface area contributed by atoms with Crippen LogP contribution in [-0.2, 0) is 4.79 Å². The number of hydrogen-bond acceptors (Lipinski definition) is 4. The number of nitrogens with zero attached hydrogens (tertiary/aromatic N) is 3. The van der Waals surface area contributed by atoms with Gasteiger partial charge >= 0.3 is 0 Å². The molecule has 0 bridgehead atoms. The monoisotopic (exact) mass is 511 g/mol. The van der Waals surface area contributed by atoms with Gasteiger partial charge in [-0.05, 0) is 46.8 Å². The minimum absolute atomic E-state index is 0.0798. The molecule has 0 fully saturated rings. The lowest BCUT2D eigenvalue weighted by Crippen LogP contribution is -2.24. The molecule has 1 amide bonds. The van der Waals surface area contributed by atoms with E-state index >= 15 is 0 Å². The molecule has 32 heavy (non-hydrogen) atoms. The largest absolute Gasteiger partial charge is 0.370 e. The first-order valence-corrected chi connectivity index (χ1v) is 11.6. The lowest BCUT2D eigenvalue weighted by molar-refractivity contribution is -0.116. The number of hydrogen-bond donors (Lipinski definition) is 2. The quantitative estimate of drug-likeness (QED) is 0.306. The number of allylic oxidation sites excluding steroid dienone is 5. The fourth-order valence-electron chi connectivity index (χ4n) is 3.39. The van der Waals surface area contributed by atoms with Crippen molar-refractivity contribution in [3.8, 4) is 11.3 Å². The number of anilines is 1. The summed E-state index contributed by atoms with van der Waals surface area (Å²) in [5.41, 5.74) is 3.49. The average molecular weight is 513 g/mol. The van der Waals surface area contributed by atoms with Crippen molar-refractivity contribution >= 4 is 44.9 Å². The van der Waals surface area contributed by atoms with Crippen molar-refractivity contribution in [2.24, 2.45) is 0 Å². The van der Waals surface area contributed by atoms with Crippen molar-refractivity contribution in [3.63, 3.8) is 0 Å². The summed E-state index contributed by atoms with van der Waals surface area (Å²) in [4.78, 5) is 16.7. The summed E-state index contributed by atoms with van der Waals surface area (Å²) in [6, 6.07) is 9.55. The first-order valence-electron chi connectivity index (χ1n) is 10.5. The molecule has 0 spiro atoms. The molecule has 2 heterocycles. The van der Waals surface area contributed by atoms with Crippen LogP contribution in [0.25, 0.3) is 16.9 Å². The molecule has 0 saturated carbocycles. The van der Waals surface area contributed by atoms with Gasteiger partial charge in [0.2, 0.25) is 5.91 Å². The third-order valence-corrected chi connectivity index (χ3v) is 5.92. The van der Waals surface area contributed by atoms with E-state index in [1.807, 2.05) is 48.6 Å². The van der Waals surface area contributed by atoms with Crippen molar-refractivity contribution < 1.29 is 4.79 Å². The highest BCUT2D eigenvalue weighted by atomic mass is 79.9. The molecule has 0 radical (unpaired) electrons. The molecule has 0 atom stereocenters. The Kier molecular flexibility index (Phi) is 7.39. The van der Waals surface area contributed by atoms with Crippen LogP contribution in [0.3, 0.4) is 0 Å². The Labute approximate surface area is 200 Å². The third-order valence-electron chi connectivity index (χ3n) is 5.03. The standard InChI is InChI=1S/C24H23BrClN5O/c25-19-16-29-31-22(15-21(30-24(19)31)18-9-4-5-10-20(18)26)27-13-6-14-28-23(32)12-11-17-7-2-1-3-8-17/h1-2,4-5,7,9-12,15-16,27H,3,6,8,13-14H2,(H,28,32)/b12-11+. The lowest BCUT2D eigenvalue weighted by Gasteiger charge is -2.12. The summed E-state index contributed by atoms with van der Waals surface area (Å²) in [6.45, 7) is 1.24. The van der Waals surface area contributed by atoms with Crippen molar-refractivity contribution in [2.45, 2.75) is 19.3 Å². The first-order chi connectivity index (χ1) is 15.6. The Morgan fingerprint density at radius 1 is 1.28 bits per heavy atom. The number of aromatic nitrogens is 3. The molecule has 0 unspecified atom stereocenters. The van der Waals surface area contributed by atoms with E-state index in [4.69, 9.17) is 16.6 Å². The maximum absolute atomic E-state index is 12.0. The van der Waals surface area contributed by atoms with Gasteiger partial charge in [0, 0.05) is 35.8 Å². The van der Waals surface area contributed by atoms with Crippen LogP contribution >= 0.6 is 27.5 Å². The van der Waals surface area contributed by atoms with Gasteiger partial charge < -0.3 is 10.6 Å². The van der Waals surface area contributed by atoms with Crippen LogP contribution < -0.4 is 10.6 Å². The third kappa shape index (κ3) is 5.47. The van der Waals surface area contributed by atoms with Crippen molar-refractivity contribution in [1.82, 2.24) is 19.9 Å². The van der Waals surface area contributed by atoms with Crippen LogP contribution in [0.2, 0.25) is 5.02 Å². The first kappa shape index (κ1) is 22.3. The minimum atomic E-state index is -0.0798. The fourth-order valence-corrected chi connectivity index (χ4v) is 3.97. The Balaban J connectivity index is 1.36.